The number of carboxylic acids is 1. The van der Waals surface area contributed by atoms with Gasteiger partial charge in [0.15, 0.2) is 0 Å². The molecule has 0 aliphatic carbocycles. The van der Waals surface area contributed by atoms with Crippen LogP contribution in [0.1, 0.15) is 52.4 Å². The van der Waals surface area contributed by atoms with Crippen LogP contribution in [0.25, 0.3) is 0 Å². The number of aliphatic carboxylic acids is 1. The SMILES string of the molecule is CC(N)CCNCCCCN(CCC(C)N)C(=O)CCC(=O)O.Cl.Cl.Cl. The van der Waals surface area contributed by atoms with Crippen molar-refractivity contribution in [3.63, 3.8) is 0 Å². The highest BCUT2D eigenvalue weighted by Gasteiger charge is 2.14. The zero-order chi connectivity index (χ0) is 17.7. The fraction of sp³-hybridized carbons (Fsp3) is 0.875. The Hall–Kier alpha value is -0.310. The lowest BCUT2D eigenvalue weighted by Gasteiger charge is -2.23. The molecule has 0 aliphatic rings. The topological polar surface area (TPSA) is 122 Å². The summed E-state index contributed by atoms with van der Waals surface area (Å²) >= 11 is 0. The maximum atomic E-state index is 12.1. The molecule has 160 valence electrons. The summed E-state index contributed by atoms with van der Waals surface area (Å²) in [7, 11) is 0. The normalized spacial score (nSPS) is 12.0. The summed E-state index contributed by atoms with van der Waals surface area (Å²) in [6, 6.07) is 0.243. The lowest BCUT2D eigenvalue weighted by molar-refractivity contribution is -0.141. The maximum absolute atomic E-state index is 12.1. The molecule has 0 aromatic carbocycles. The van der Waals surface area contributed by atoms with Gasteiger partial charge in [-0.25, -0.2) is 0 Å². The molecule has 0 aliphatic heterocycles. The van der Waals surface area contributed by atoms with Crippen molar-refractivity contribution >= 4 is 49.1 Å². The summed E-state index contributed by atoms with van der Waals surface area (Å²) in [6.07, 6.45) is 3.48. The van der Waals surface area contributed by atoms with Crippen molar-refractivity contribution in [2.45, 2.75) is 64.5 Å². The van der Waals surface area contributed by atoms with E-state index in [4.69, 9.17) is 16.6 Å². The van der Waals surface area contributed by atoms with Crippen molar-refractivity contribution < 1.29 is 14.7 Å². The third kappa shape index (κ3) is 21.7. The van der Waals surface area contributed by atoms with Crippen molar-refractivity contribution in [3.8, 4) is 0 Å². The minimum Gasteiger partial charge on any atom is -0.481 e. The summed E-state index contributed by atoms with van der Waals surface area (Å²) in [6.45, 7) is 6.94. The first-order valence-corrected chi connectivity index (χ1v) is 8.54. The molecular formula is C16H37Cl3N4O3. The van der Waals surface area contributed by atoms with Crippen LogP contribution in [0.5, 0.6) is 0 Å². The highest BCUT2D eigenvalue weighted by atomic mass is 35.5. The Labute approximate surface area is 176 Å². The number of carbonyl (C=O) groups is 2. The van der Waals surface area contributed by atoms with E-state index < -0.39 is 5.97 Å². The van der Waals surface area contributed by atoms with E-state index in [9.17, 15) is 9.59 Å². The number of hydrogen-bond acceptors (Lipinski definition) is 5. The van der Waals surface area contributed by atoms with E-state index in [1.165, 1.54) is 0 Å². The largest absolute Gasteiger partial charge is 0.481 e. The molecule has 26 heavy (non-hydrogen) atoms. The van der Waals surface area contributed by atoms with Gasteiger partial charge in [-0.2, -0.15) is 0 Å². The van der Waals surface area contributed by atoms with Crippen LogP contribution in [0.2, 0.25) is 0 Å². The third-order valence-corrected chi connectivity index (χ3v) is 3.57. The van der Waals surface area contributed by atoms with Gasteiger partial charge in [0.25, 0.3) is 0 Å². The van der Waals surface area contributed by atoms with Crippen molar-refractivity contribution in [3.05, 3.63) is 0 Å². The molecule has 0 saturated heterocycles. The minimum absolute atomic E-state index is 0. The average Bonchev–Trinajstić information content (AvgIpc) is 2.46. The molecule has 0 aromatic rings. The molecule has 0 aromatic heterocycles. The Balaban J connectivity index is -0.000000807. The Morgan fingerprint density at radius 1 is 0.923 bits per heavy atom. The van der Waals surface area contributed by atoms with E-state index in [-0.39, 0.29) is 68.1 Å². The zero-order valence-corrected chi connectivity index (χ0v) is 18.3. The number of nitrogens with zero attached hydrogens (tertiary/aromatic N) is 1. The Bertz CT molecular complexity index is 349. The molecule has 0 fully saturated rings. The lowest BCUT2D eigenvalue weighted by Crippen LogP contribution is -2.36. The highest BCUT2D eigenvalue weighted by Crippen LogP contribution is 2.04. The Morgan fingerprint density at radius 2 is 1.50 bits per heavy atom. The number of amides is 1. The molecule has 0 spiro atoms. The molecule has 10 heteroatoms. The molecule has 0 heterocycles. The van der Waals surface area contributed by atoms with Crippen LogP contribution < -0.4 is 16.8 Å². The second kappa shape index (κ2) is 21.0. The third-order valence-electron chi connectivity index (χ3n) is 3.57. The van der Waals surface area contributed by atoms with Gasteiger partial charge in [0.2, 0.25) is 5.91 Å². The van der Waals surface area contributed by atoms with Crippen LogP contribution >= 0.6 is 37.2 Å². The van der Waals surface area contributed by atoms with Crippen molar-refractivity contribution in [1.29, 1.82) is 0 Å². The monoisotopic (exact) mass is 438 g/mol. The van der Waals surface area contributed by atoms with Gasteiger partial charge < -0.3 is 26.8 Å². The van der Waals surface area contributed by atoms with Gasteiger partial charge >= 0.3 is 5.97 Å². The second-order valence-corrected chi connectivity index (χ2v) is 6.26. The summed E-state index contributed by atoms with van der Waals surface area (Å²) in [5.41, 5.74) is 11.4. The van der Waals surface area contributed by atoms with E-state index in [1.807, 2.05) is 13.8 Å². The zero-order valence-electron chi connectivity index (χ0n) is 15.8. The molecular weight excluding hydrogens is 403 g/mol. The van der Waals surface area contributed by atoms with E-state index in [0.29, 0.717) is 13.1 Å². The summed E-state index contributed by atoms with van der Waals surface area (Å²) in [4.78, 5) is 24.4. The number of carbonyl (C=O) groups excluding carboxylic acids is 1. The van der Waals surface area contributed by atoms with Crippen molar-refractivity contribution in [1.82, 2.24) is 10.2 Å². The van der Waals surface area contributed by atoms with E-state index in [0.717, 1.165) is 38.8 Å². The quantitative estimate of drug-likeness (QED) is 0.306. The number of nitrogens with one attached hydrogen (secondary N) is 1. The Morgan fingerprint density at radius 3 is 2.00 bits per heavy atom. The molecule has 0 bridgehead atoms. The molecule has 7 nitrogen and oxygen atoms in total. The van der Waals surface area contributed by atoms with Crippen molar-refractivity contribution in [2.75, 3.05) is 26.2 Å². The summed E-state index contributed by atoms with van der Waals surface area (Å²) in [5, 5.41) is 12.0. The second-order valence-electron chi connectivity index (χ2n) is 6.26. The van der Waals surface area contributed by atoms with Gasteiger partial charge in [-0.15, -0.1) is 37.2 Å². The van der Waals surface area contributed by atoms with E-state index in [2.05, 4.69) is 5.32 Å². The van der Waals surface area contributed by atoms with Crippen LogP contribution in [0.4, 0.5) is 0 Å². The molecule has 2 unspecified atom stereocenters. The predicted molar refractivity (Wildman–Crippen MR) is 114 cm³/mol. The van der Waals surface area contributed by atoms with Gasteiger partial charge in [0.05, 0.1) is 6.42 Å². The fourth-order valence-electron chi connectivity index (χ4n) is 2.10. The number of nitrogens with two attached hydrogens (primary N) is 2. The van der Waals surface area contributed by atoms with Crippen LogP contribution in [-0.2, 0) is 9.59 Å². The first kappa shape index (κ1) is 33.3. The summed E-state index contributed by atoms with van der Waals surface area (Å²) < 4.78 is 0. The van der Waals surface area contributed by atoms with Gasteiger partial charge in [0.1, 0.15) is 0 Å². The van der Waals surface area contributed by atoms with Gasteiger partial charge in [-0.3, -0.25) is 9.59 Å². The van der Waals surface area contributed by atoms with Gasteiger partial charge in [0, 0.05) is 31.6 Å². The Kier molecular flexibility index (Phi) is 26.9. The number of carboxylic acid groups (broad SMARTS) is 1. The van der Waals surface area contributed by atoms with Crippen LogP contribution in [-0.4, -0.2) is 60.1 Å². The number of unbranched alkanes of at least 4 members (excludes halogenated alkanes) is 1. The minimum atomic E-state index is -0.941. The molecule has 0 saturated carbocycles. The van der Waals surface area contributed by atoms with E-state index in [1.54, 1.807) is 4.90 Å². The standard InChI is InChI=1S/C16H34N4O3.3ClH/c1-13(17)7-10-19-9-3-4-11-20(12-8-14(2)18)15(21)5-6-16(22)23;;;/h13-14,19H,3-12,17-18H2,1-2H3,(H,22,23);3*1H. The first-order chi connectivity index (χ1) is 10.8. The molecule has 2 atom stereocenters. The maximum Gasteiger partial charge on any atom is 0.303 e. The number of rotatable bonds is 14. The van der Waals surface area contributed by atoms with Crippen LogP contribution in [0.3, 0.4) is 0 Å². The van der Waals surface area contributed by atoms with Crippen molar-refractivity contribution in [2.24, 2.45) is 11.5 Å². The molecule has 0 radical (unpaired) electrons. The van der Waals surface area contributed by atoms with E-state index >= 15 is 0 Å². The fourth-order valence-corrected chi connectivity index (χ4v) is 2.10. The first-order valence-electron chi connectivity index (χ1n) is 8.54. The van der Waals surface area contributed by atoms with Crippen LogP contribution in [0.15, 0.2) is 0 Å². The van der Waals surface area contributed by atoms with Gasteiger partial charge in [-0.05, 0) is 52.6 Å². The summed E-state index contributed by atoms with van der Waals surface area (Å²) in [5.74, 6) is -1.04. The predicted octanol–water partition coefficient (Wildman–Crippen LogP) is 1.79. The molecule has 1 amide bonds. The number of hydrogen-bond donors (Lipinski definition) is 4. The average molecular weight is 440 g/mol. The highest BCUT2D eigenvalue weighted by molar-refractivity contribution is 5.86. The molecule has 6 N–H and O–H groups in total. The molecule has 0 rings (SSSR count). The van der Waals surface area contributed by atoms with Crippen LogP contribution in [0, 0.1) is 0 Å². The van der Waals surface area contributed by atoms with Gasteiger partial charge in [-0.1, -0.05) is 0 Å². The smallest absolute Gasteiger partial charge is 0.303 e. The number of halogens is 3. The lowest BCUT2D eigenvalue weighted by atomic mass is 10.2.